The molecule has 2 atom stereocenters. The van der Waals surface area contributed by atoms with Gasteiger partial charge < -0.3 is 18.9 Å². The van der Waals surface area contributed by atoms with E-state index in [1.807, 2.05) is 0 Å². The molecule has 0 bridgehead atoms. The highest BCUT2D eigenvalue weighted by molar-refractivity contribution is 8.33. The topological polar surface area (TPSA) is 80.3 Å². The summed E-state index contributed by atoms with van der Waals surface area (Å²) in [5, 5.41) is 0. The Morgan fingerprint density at radius 2 is 1.23 bits per heavy atom. The number of hydrogen-bond donors (Lipinski definition) is 0. The van der Waals surface area contributed by atoms with Crippen LogP contribution in [0.15, 0.2) is 93.5 Å². The van der Waals surface area contributed by atoms with Gasteiger partial charge in [-0.05, 0) is 71.7 Å². The monoisotopic (exact) mass is 598 g/mol. The Hall–Kier alpha value is -2.77. The largest absolute Gasteiger partial charge is 0.465 e. The van der Waals surface area contributed by atoms with Crippen molar-refractivity contribution in [1.82, 2.24) is 0 Å². The molecular weight excluding hydrogens is 569 g/mol. The molecule has 5 rings (SSSR count). The minimum absolute atomic E-state index is 0.328. The number of benzene rings is 3. The molecule has 2 heterocycles. The molecule has 12 heteroatoms. The van der Waals surface area contributed by atoms with Crippen LogP contribution in [0.1, 0.15) is 25.7 Å². The van der Waals surface area contributed by atoms with Crippen LogP contribution in [0.4, 0.5) is 13.2 Å². The quantitative estimate of drug-likeness (QED) is 0.253. The molecule has 0 spiro atoms. The van der Waals surface area contributed by atoms with Crippen LogP contribution in [-0.4, -0.2) is 46.1 Å². The first-order chi connectivity index (χ1) is 19.1. The Labute approximate surface area is 232 Å². The van der Waals surface area contributed by atoms with E-state index in [4.69, 9.17) is 22.6 Å². The first-order valence-electron chi connectivity index (χ1n) is 12.8. The summed E-state index contributed by atoms with van der Waals surface area (Å²) in [5.41, 5.74) is 0. The smallest absolute Gasteiger partial charge is 0.405 e. The summed E-state index contributed by atoms with van der Waals surface area (Å²) in [6.45, 7) is 1.11. The summed E-state index contributed by atoms with van der Waals surface area (Å²) in [7, 11) is -8.44. The maximum absolute atomic E-state index is 13.4. The Morgan fingerprint density at radius 1 is 0.725 bits per heavy atom. The zero-order chi connectivity index (χ0) is 28.2. The van der Waals surface area contributed by atoms with Gasteiger partial charge in [0.2, 0.25) is 0 Å². The van der Waals surface area contributed by atoms with Crippen molar-refractivity contribution in [3.05, 3.63) is 78.9 Å². The van der Waals surface area contributed by atoms with Gasteiger partial charge in [-0.25, -0.2) is 3.63 Å². The summed E-state index contributed by atoms with van der Waals surface area (Å²) in [5.74, 6) is -1.39. The molecule has 0 N–H and O–H groups in total. The average molecular weight is 599 g/mol. The van der Waals surface area contributed by atoms with E-state index >= 15 is 0 Å². The molecule has 2 aliphatic rings. The second-order valence-corrected chi connectivity index (χ2v) is 13.8. The maximum Gasteiger partial charge on any atom is 0.405 e. The molecule has 3 aromatic carbocycles. The van der Waals surface area contributed by atoms with Gasteiger partial charge in [-0.2, -0.15) is 21.6 Å². The summed E-state index contributed by atoms with van der Waals surface area (Å²) in [4.78, 5) is 1.03. The lowest BCUT2D eigenvalue weighted by Crippen LogP contribution is -2.26. The van der Waals surface area contributed by atoms with Crippen LogP contribution >= 0.6 is 10.3 Å². The van der Waals surface area contributed by atoms with Crippen molar-refractivity contribution in [1.29, 1.82) is 0 Å². The Balaban J connectivity index is 1.67. The van der Waals surface area contributed by atoms with Crippen molar-refractivity contribution in [2.75, 3.05) is 19.0 Å². The molecule has 0 aliphatic carbocycles. The van der Waals surface area contributed by atoms with Gasteiger partial charge in [-0.15, -0.1) is 0 Å². The first-order valence-corrected chi connectivity index (χ1v) is 15.9. The maximum atomic E-state index is 13.4. The van der Waals surface area contributed by atoms with E-state index in [1.54, 1.807) is 78.9 Å². The van der Waals surface area contributed by atoms with Crippen molar-refractivity contribution in [2.45, 2.75) is 59.1 Å². The third kappa shape index (κ3) is 6.92. The zero-order valence-corrected chi connectivity index (χ0v) is 23.1. The molecule has 2 unspecified atom stereocenters. The van der Waals surface area contributed by atoms with Crippen molar-refractivity contribution in [3.8, 4) is 11.5 Å². The van der Waals surface area contributed by atoms with Gasteiger partial charge in [-0.1, -0.05) is 30.3 Å². The van der Waals surface area contributed by atoms with Crippen molar-refractivity contribution in [2.24, 2.45) is 0 Å². The van der Waals surface area contributed by atoms with E-state index in [1.165, 1.54) is 0 Å². The van der Waals surface area contributed by atoms with Crippen LogP contribution in [0.25, 0.3) is 0 Å². The molecule has 2 fully saturated rings. The van der Waals surface area contributed by atoms with E-state index in [0.717, 1.165) is 12.8 Å². The highest BCUT2D eigenvalue weighted by Crippen LogP contribution is 2.70. The molecule has 0 amide bonds. The van der Waals surface area contributed by atoms with Crippen LogP contribution < -0.4 is 9.47 Å². The number of halogens is 3. The Bertz CT molecular complexity index is 1330. The van der Waals surface area contributed by atoms with Crippen molar-refractivity contribution >= 4 is 20.4 Å². The first kappa shape index (κ1) is 28.7. The van der Waals surface area contributed by atoms with Crippen molar-refractivity contribution in [3.63, 3.8) is 0 Å². The lowest BCUT2D eigenvalue weighted by Gasteiger charge is -2.39. The van der Waals surface area contributed by atoms with E-state index < -0.39 is 44.9 Å². The number of alkyl halides is 3. The summed E-state index contributed by atoms with van der Waals surface area (Å²) >= 11 is 0. The molecule has 3 aromatic rings. The fraction of sp³-hybridized carbons (Fsp3) is 0.357. The number of ether oxygens (including phenoxy) is 4. The molecule has 7 nitrogen and oxygen atoms in total. The standard InChI is InChI=1S/C28H29F3O7S2/c29-28(30,31)20-39(32,33)38-40(23-10-2-1-3-11-23,24-12-4-8-21(18-24)36-26-14-6-16-34-26)25-13-5-9-22(19-25)37-27-15-7-17-35-27/h1-5,8-13,18-19,26-27H,6-7,14-17,20H2. The Kier molecular flexibility index (Phi) is 8.62. The molecule has 216 valence electrons. The summed E-state index contributed by atoms with van der Waals surface area (Å²) in [6.07, 6.45) is -2.93. The molecule has 2 aliphatic heterocycles. The van der Waals surface area contributed by atoms with Crippen LogP contribution in [-0.2, 0) is 23.2 Å². The SMILES string of the molecule is O=S(=O)(CC(F)(F)F)OS(c1ccccc1)(c1cccc(OC2CCCO2)c1)c1cccc(OC2CCCO2)c1. The van der Waals surface area contributed by atoms with E-state index in [0.29, 0.717) is 52.2 Å². The third-order valence-electron chi connectivity index (χ3n) is 6.21. The van der Waals surface area contributed by atoms with Gasteiger partial charge in [0.05, 0.1) is 13.2 Å². The Morgan fingerprint density at radius 3 is 1.68 bits per heavy atom. The number of rotatable bonds is 10. The minimum Gasteiger partial charge on any atom is -0.465 e. The summed E-state index contributed by atoms with van der Waals surface area (Å²) < 4.78 is 95.2. The second kappa shape index (κ2) is 12.0. The van der Waals surface area contributed by atoms with Crippen LogP contribution in [0.3, 0.4) is 0 Å². The molecule has 0 aromatic heterocycles. The highest BCUT2D eigenvalue weighted by Gasteiger charge is 2.43. The zero-order valence-electron chi connectivity index (χ0n) is 21.4. The predicted molar refractivity (Wildman–Crippen MR) is 142 cm³/mol. The van der Waals surface area contributed by atoms with Gasteiger partial charge in [0.25, 0.3) is 10.1 Å². The lowest BCUT2D eigenvalue weighted by atomic mass is 10.3. The van der Waals surface area contributed by atoms with E-state index in [9.17, 15) is 21.6 Å². The minimum atomic E-state index is -5.13. The fourth-order valence-corrected chi connectivity index (χ4v) is 9.80. The van der Waals surface area contributed by atoms with Gasteiger partial charge in [0.1, 0.15) is 11.5 Å². The fourth-order valence-electron chi connectivity index (χ4n) is 4.56. The molecule has 40 heavy (non-hydrogen) atoms. The molecular formula is C28H29F3O7S2. The van der Waals surface area contributed by atoms with Crippen LogP contribution in [0.2, 0.25) is 0 Å². The summed E-state index contributed by atoms with van der Waals surface area (Å²) in [6, 6.07) is 21.5. The van der Waals surface area contributed by atoms with E-state index in [-0.39, 0.29) is 0 Å². The third-order valence-corrected chi connectivity index (χ3v) is 11.3. The van der Waals surface area contributed by atoms with Gasteiger partial charge in [0.15, 0.2) is 18.3 Å². The van der Waals surface area contributed by atoms with Gasteiger partial charge in [0, 0.05) is 27.5 Å². The van der Waals surface area contributed by atoms with Gasteiger partial charge in [-0.3, -0.25) is 0 Å². The highest BCUT2D eigenvalue weighted by atomic mass is 32.3. The number of hydrogen-bond acceptors (Lipinski definition) is 7. The molecule has 0 saturated carbocycles. The van der Waals surface area contributed by atoms with E-state index in [2.05, 4.69) is 0 Å². The van der Waals surface area contributed by atoms with Gasteiger partial charge >= 0.3 is 6.18 Å². The predicted octanol–water partition coefficient (Wildman–Crippen LogP) is 6.82. The van der Waals surface area contributed by atoms with Crippen molar-refractivity contribution < 1.29 is 44.2 Å². The van der Waals surface area contributed by atoms with Crippen LogP contribution in [0.5, 0.6) is 11.5 Å². The average Bonchev–Trinajstić information content (AvgIpc) is 3.61. The van der Waals surface area contributed by atoms with Crippen LogP contribution in [0, 0.1) is 0 Å². The lowest BCUT2D eigenvalue weighted by molar-refractivity contribution is -0.107. The molecule has 0 radical (unpaired) electrons. The normalized spacial score (nSPS) is 22.0. The molecule has 2 saturated heterocycles. The second-order valence-electron chi connectivity index (χ2n) is 9.33.